The standard InChI is InChI=1S/C18H30N2/c1-13(14-8-10-15(11-9-14)20(6)7)19-12-16-17(2,3)18(16,4)5/h8-11,13,16,19H,12H2,1-7H3. The molecule has 0 saturated heterocycles. The van der Waals surface area contributed by atoms with E-state index in [0.29, 0.717) is 16.9 Å². The maximum atomic E-state index is 3.71. The second-order valence-corrected chi connectivity index (χ2v) is 7.61. The van der Waals surface area contributed by atoms with Gasteiger partial charge in [-0.25, -0.2) is 0 Å². The van der Waals surface area contributed by atoms with Gasteiger partial charge in [-0.15, -0.1) is 0 Å². The summed E-state index contributed by atoms with van der Waals surface area (Å²) in [7, 11) is 4.15. The van der Waals surface area contributed by atoms with Crippen molar-refractivity contribution in [2.45, 2.75) is 40.7 Å². The average molecular weight is 274 g/mol. The average Bonchev–Trinajstić information content (AvgIpc) is 2.77. The van der Waals surface area contributed by atoms with Crippen LogP contribution in [0.25, 0.3) is 0 Å². The van der Waals surface area contributed by atoms with E-state index in [1.165, 1.54) is 11.3 Å². The Kier molecular flexibility index (Phi) is 3.90. The molecule has 0 aliphatic heterocycles. The number of nitrogens with one attached hydrogen (secondary N) is 1. The Bertz CT molecular complexity index is 443. The third kappa shape index (κ3) is 2.58. The van der Waals surface area contributed by atoms with E-state index in [4.69, 9.17) is 0 Å². The maximum absolute atomic E-state index is 3.71. The van der Waals surface area contributed by atoms with Crippen molar-refractivity contribution in [2.24, 2.45) is 16.7 Å². The van der Waals surface area contributed by atoms with Gasteiger partial charge in [-0.3, -0.25) is 0 Å². The zero-order valence-electron chi connectivity index (χ0n) is 14.1. The second kappa shape index (κ2) is 5.07. The molecule has 1 aromatic rings. The molecule has 2 heteroatoms. The predicted molar refractivity (Wildman–Crippen MR) is 88.2 cm³/mol. The first kappa shape index (κ1) is 15.4. The van der Waals surface area contributed by atoms with Crippen LogP contribution < -0.4 is 10.2 Å². The molecule has 0 heterocycles. The smallest absolute Gasteiger partial charge is 0.0361 e. The van der Waals surface area contributed by atoms with Crippen LogP contribution in [0.3, 0.4) is 0 Å². The SMILES string of the molecule is CC(NCC1C(C)(C)C1(C)C)c1ccc(N(C)C)cc1. The van der Waals surface area contributed by atoms with Crippen LogP contribution in [0.2, 0.25) is 0 Å². The summed E-state index contributed by atoms with van der Waals surface area (Å²) in [6, 6.07) is 9.27. The Balaban J connectivity index is 1.91. The molecule has 2 nitrogen and oxygen atoms in total. The molecule has 1 aromatic carbocycles. The molecule has 1 aliphatic carbocycles. The van der Waals surface area contributed by atoms with Crippen LogP contribution in [-0.4, -0.2) is 20.6 Å². The number of anilines is 1. The van der Waals surface area contributed by atoms with E-state index in [-0.39, 0.29) is 0 Å². The molecule has 0 bridgehead atoms. The summed E-state index contributed by atoms with van der Waals surface area (Å²) in [6.07, 6.45) is 0. The highest BCUT2D eigenvalue weighted by Crippen LogP contribution is 2.68. The van der Waals surface area contributed by atoms with Crippen LogP contribution >= 0.6 is 0 Å². The lowest BCUT2D eigenvalue weighted by atomic mass is 10.0. The van der Waals surface area contributed by atoms with E-state index in [2.05, 4.69) is 83.2 Å². The number of benzene rings is 1. The van der Waals surface area contributed by atoms with Gasteiger partial charge >= 0.3 is 0 Å². The van der Waals surface area contributed by atoms with Gasteiger partial charge < -0.3 is 10.2 Å². The van der Waals surface area contributed by atoms with Crippen molar-refractivity contribution in [3.63, 3.8) is 0 Å². The zero-order chi connectivity index (χ0) is 15.1. The van der Waals surface area contributed by atoms with Crippen molar-refractivity contribution in [3.05, 3.63) is 29.8 Å². The van der Waals surface area contributed by atoms with Gasteiger partial charge in [-0.2, -0.15) is 0 Å². The lowest BCUT2D eigenvalue weighted by Gasteiger charge is -2.17. The summed E-state index contributed by atoms with van der Waals surface area (Å²) in [5.74, 6) is 0.776. The molecule has 1 N–H and O–H groups in total. The van der Waals surface area contributed by atoms with Crippen molar-refractivity contribution >= 4 is 5.69 Å². The largest absolute Gasteiger partial charge is 0.378 e. The van der Waals surface area contributed by atoms with Gasteiger partial charge in [-0.1, -0.05) is 39.8 Å². The molecular formula is C18H30N2. The molecule has 1 atom stereocenters. The molecule has 1 unspecified atom stereocenters. The minimum atomic E-state index is 0.415. The maximum Gasteiger partial charge on any atom is 0.0361 e. The van der Waals surface area contributed by atoms with E-state index in [9.17, 15) is 0 Å². The third-order valence-corrected chi connectivity index (χ3v) is 5.86. The fraction of sp³-hybridized carbons (Fsp3) is 0.667. The summed E-state index contributed by atoms with van der Waals surface area (Å²) in [5, 5.41) is 3.71. The van der Waals surface area contributed by atoms with Crippen molar-refractivity contribution in [1.29, 1.82) is 0 Å². The minimum absolute atomic E-state index is 0.415. The number of hydrogen-bond donors (Lipinski definition) is 1. The van der Waals surface area contributed by atoms with Gasteiger partial charge in [0.15, 0.2) is 0 Å². The molecule has 0 radical (unpaired) electrons. The summed E-state index contributed by atoms with van der Waals surface area (Å²) in [6.45, 7) is 12.9. The van der Waals surface area contributed by atoms with E-state index < -0.39 is 0 Å². The van der Waals surface area contributed by atoms with Gasteiger partial charge in [-0.05, 0) is 47.9 Å². The Morgan fingerprint density at radius 3 is 1.95 bits per heavy atom. The summed E-state index contributed by atoms with van der Waals surface area (Å²) in [5.41, 5.74) is 3.56. The highest BCUT2D eigenvalue weighted by atomic mass is 15.1. The van der Waals surface area contributed by atoms with Crippen molar-refractivity contribution in [2.75, 3.05) is 25.5 Å². The van der Waals surface area contributed by atoms with Gasteiger partial charge in [0, 0.05) is 25.8 Å². The highest BCUT2D eigenvalue weighted by molar-refractivity contribution is 5.46. The number of hydrogen-bond acceptors (Lipinski definition) is 2. The Hall–Kier alpha value is -1.02. The minimum Gasteiger partial charge on any atom is -0.378 e. The number of nitrogens with zero attached hydrogens (tertiary/aromatic N) is 1. The molecular weight excluding hydrogens is 244 g/mol. The van der Waals surface area contributed by atoms with Gasteiger partial charge in [0.2, 0.25) is 0 Å². The topological polar surface area (TPSA) is 15.3 Å². The van der Waals surface area contributed by atoms with Crippen LogP contribution in [0.4, 0.5) is 5.69 Å². The van der Waals surface area contributed by atoms with Crippen LogP contribution in [0, 0.1) is 16.7 Å². The van der Waals surface area contributed by atoms with Crippen LogP contribution in [0.5, 0.6) is 0 Å². The first-order chi connectivity index (χ1) is 9.18. The third-order valence-electron chi connectivity index (χ3n) is 5.86. The van der Waals surface area contributed by atoms with Gasteiger partial charge in [0.1, 0.15) is 0 Å². The summed E-state index contributed by atoms with van der Waals surface area (Å²) in [4.78, 5) is 2.14. The highest BCUT2D eigenvalue weighted by Gasteiger charge is 2.63. The normalized spacial score (nSPS) is 21.6. The van der Waals surface area contributed by atoms with Crippen LogP contribution in [0.1, 0.15) is 46.2 Å². The molecule has 20 heavy (non-hydrogen) atoms. The Labute approximate surface area is 124 Å². The van der Waals surface area contributed by atoms with Crippen molar-refractivity contribution < 1.29 is 0 Å². The number of rotatable bonds is 5. The molecule has 0 spiro atoms. The van der Waals surface area contributed by atoms with Crippen molar-refractivity contribution in [1.82, 2.24) is 5.32 Å². The molecule has 112 valence electrons. The molecule has 1 aliphatic rings. The van der Waals surface area contributed by atoms with Crippen molar-refractivity contribution in [3.8, 4) is 0 Å². The van der Waals surface area contributed by atoms with Crippen LogP contribution in [-0.2, 0) is 0 Å². The van der Waals surface area contributed by atoms with Crippen LogP contribution in [0.15, 0.2) is 24.3 Å². The second-order valence-electron chi connectivity index (χ2n) is 7.61. The Morgan fingerprint density at radius 2 is 1.55 bits per heavy atom. The molecule has 0 aromatic heterocycles. The molecule has 0 amide bonds. The van der Waals surface area contributed by atoms with E-state index in [1.807, 2.05) is 0 Å². The fourth-order valence-corrected chi connectivity index (χ4v) is 3.32. The zero-order valence-corrected chi connectivity index (χ0v) is 14.1. The fourth-order valence-electron chi connectivity index (χ4n) is 3.32. The molecule has 1 saturated carbocycles. The van der Waals surface area contributed by atoms with Gasteiger partial charge in [0.05, 0.1) is 0 Å². The monoisotopic (exact) mass is 274 g/mol. The lowest BCUT2D eigenvalue weighted by molar-refractivity contribution is 0.457. The first-order valence-corrected chi connectivity index (χ1v) is 7.68. The molecule has 1 fully saturated rings. The van der Waals surface area contributed by atoms with E-state index in [1.54, 1.807) is 0 Å². The predicted octanol–water partition coefficient (Wildman–Crippen LogP) is 4.09. The summed E-state index contributed by atoms with van der Waals surface area (Å²) >= 11 is 0. The quantitative estimate of drug-likeness (QED) is 0.870. The first-order valence-electron chi connectivity index (χ1n) is 7.68. The van der Waals surface area contributed by atoms with Gasteiger partial charge in [0.25, 0.3) is 0 Å². The molecule has 2 rings (SSSR count). The Morgan fingerprint density at radius 1 is 1.05 bits per heavy atom. The van der Waals surface area contributed by atoms with E-state index in [0.717, 1.165) is 12.5 Å². The van der Waals surface area contributed by atoms with E-state index >= 15 is 0 Å². The summed E-state index contributed by atoms with van der Waals surface area (Å²) < 4.78 is 0. The lowest BCUT2D eigenvalue weighted by Crippen LogP contribution is -2.23.